The fourth-order valence-corrected chi connectivity index (χ4v) is 3.92. The van der Waals surface area contributed by atoms with Crippen molar-refractivity contribution in [3.63, 3.8) is 0 Å². The van der Waals surface area contributed by atoms with E-state index in [4.69, 9.17) is 11.6 Å². The van der Waals surface area contributed by atoms with Gasteiger partial charge >= 0.3 is 6.03 Å². The molecule has 0 spiro atoms. The molecule has 2 saturated heterocycles. The van der Waals surface area contributed by atoms with Gasteiger partial charge < -0.3 is 0 Å². The minimum absolute atomic E-state index is 0.130. The van der Waals surface area contributed by atoms with Crippen molar-refractivity contribution in [2.45, 2.75) is 13.0 Å². The fraction of sp³-hybridized carbons (Fsp3) is 0.333. The molecule has 2 unspecified atom stereocenters. The normalized spacial score (nSPS) is 26.2. The van der Waals surface area contributed by atoms with E-state index in [0.29, 0.717) is 10.7 Å². The number of carbonyl (C=O) groups excluding carboxylic acids is 2. The van der Waals surface area contributed by atoms with E-state index in [9.17, 15) is 13.8 Å². The summed E-state index contributed by atoms with van der Waals surface area (Å²) in [5.74, 6) is 0.0349. The fourth-order valence-electron chi connectivity index (χ4n) is 2.37. The lowest BCUT2D eigenvalue weighted by Crippen LogP contribution is -2.34. The highest BCUT2D eigenvalue weighted by molar-refractivity contribution is 7.85. The van der Waals surface area contributed by atoms with Gasteiger partial charge in [0.2, 0.25) is 0 Å². The lowest BCUT2D eigenvalue weighted by molar-refractivity contribution is -0.118. The summed E-state index contributed by atoms with van der Waals surface area (Å²) in [5.41, 5.74) is 1.30. The van der Waals surface area contributed by atoms with Crippen LogP contribution in [0, 0.1) is 6.92 Å². The number of nitrogens with zero attached hydrogens (tertiary/aromatic N) is 2. The number of anilines is 1. The van der Waals surface area contributed by atoms with Gasteiger partial charge in [0.25, 0.3) is 5.91 Å². The first kappa shape index (κ1) is 12.6. The Balaban J connectivity index is 2.03. The summed E-state index contributed by atoms with van der Waals surface area (Å²) in [4.78, 5) is 27.1. The quantitative estimate of drug-likeness (QED) is 0.738. The van der Waals surface area contributed by atoms with Crippen molar-refractivity contribution in [3.8, 4) is 0 Å². The lowest BCUT2D eigenvalue weighted by Gasteiger charge is -2.17. The van der Waals surface area contributed by atoms with Crippen LogP contribution in [-0.2, 0) is 15.6 Å². The number of halogens is 1. The molecule has 2 aliphatic heterocycles. The predicted octanol–water partition coefficient (Wildman–Crippen LogP) is 1.51. The maximum absolute atomic E-state index is 12.3. The zero-order chi connectivity index (χ0) is 13.7. The van der Waals surface area contributed by atoms with E-state index in [1.165, 1.54) is 4.90 Å². The minimum atomic E-state index is -1.12. The van der Waals surface area contributed by atoms with Gasteiger partial charge in [-0.1, -0.05) is 17.7 Å². The van der Waals surface area contributed by atoms with Gasteiger partial charge in [0.1, 0.15) is 6.04 Å². The van der Waals surface area contributed by atoms with Crippen LogP contribution in [0.3, 0.4) is 0 Å². The van der Waals surface area contributed by atoms with Crippen LogP contribution in [0.15, 0.2) is 18.2 Å². The average Bonchev–Trinajstić information content (AvgIpc) is 2.84. The molecule has 2 fully saturated rings. The van der Waals surface area contributed by atoms with E-state index in [1.54, 1.807) is 18.2 Å². The second kappa shape index (κ2) is 4.31. The number of hydrogen-bond donors (Lipinski definition) is 0. The zero-order valence-electron chi connectivity index (χ0n) is 10.1. The van der Waals surface area contributed by atoms with Crippen molar-refractivity contribution < 1.29 is 13.8 Å². The summed E-state index contributed by atoms with van der Waals surface area (Å²) in [5, 5.41) is 0.469. The first-order valence-electron chi connectivity index (χ1n) is 5.75. The Bertz CT molecular complexity index is 593. The summed E-state index contributed by atoms with van der Waals surface area (Å²) in [6.45, 7) is 1.81. The average molecular weight is 299 g/mol. The van der Waals surface area contributed by atoms with E-state index in [2.05, 4.69) is 0 Å². The summed E-state index contributed by atoms with van der Waals surface area (Å²) in [6, 6.07) is 4.07. The Labute approximate surface area is 117 Å². The Kier molecular flexibility index (Phi) is 2.87. The zero-order valence-corrected chi connectivity index (χ0v) is 11.7. The molecular formula is C12H11ClN2O3S. The van der Waals surface area contributed by atoms with E-state index in [1.807, 2.05) is 6.92 Å². The van der Waals surface area contributed by atoms with Gasteiger partial charge in [-0.05, 0) is 24.6 Å². The van der Waals surface area contributed by atoms with Gasteiger partial charge in [-0.15, -0.1) is 0 Å². The minimum Gasteiger partial charge on any atom is -0.299 e. The van der Waals surface area contributed by atoms with Crippen LogP contribution < -0.4 is 4.90 Å². The Morgan fingerprint density at radius 2 is 2.11 bits per heavy atom. The van der Waals surface area contributed by atoms with Crippen LogP contribution >= 0.6 is 11.6 Å². The van der Waals surface area contributed by atoms with Gasteiger partial charge in [-0.25, -0.2) is 9.69 Å². The number of imide groups is 1. The molecule has 19 heavy (non-hydrogen) atoms. The van der Waals surface area contributed by atoms with Crippen LogP contribution in [0.2, 0.25) is 5.02 Å². The third kappa shape index (κ3) is 1.86. The number of carbonyl (C=O) groups is 2. The molecule has 3 amide bonds. The summed E-state index contributed by atoms with van der Waals surface area (Å²) in [6.07, 6.45) is 0. The van der Waals surface area contributed by atoms with Crippen molar-refractivity contribution in [2.24, 2.45) is 0 Å². The number of urea groups is 1. The van der Waals surface area contributed by atoms with Gasteiger partial charge in [0.05, 0.1) is 17.3 Å². The second-order valence-corrected chi connectivity index (χ2v) is 6.52. The van der Waals surface area contributed by atoms with Crippen LogP contribution in [0.25, 0.3) is 0 Å². The van der Waals surface area contributed by atoms with Gasteiger partial charge in [0, 0.05) is 15.8 Å². The maximum Gasteiger partial charge on any atom is 0.332 e. The molecule has 0 aromatic heterocycles. The summed E-state index contributed by atoms with van der Waals surface area (Å²) in [7, 11) is -1.12. The molecule has 1 aromatic rings. The van der Waals surface area contributed by atoms with Gasteiger partial charge in [-0.3, -0.25) is 13.9 Å². The lowest BCUT2D eigenvalue weighted by atomic mass is 10.2. The Hall–Kier alpha value is -1.40. The standard InChI is InChI=1S/C12H11ClN2O3S/c1-7-2-3-8(13)4-9(7)15-11(16)10-5-19(18)6-14(10)12(15)17/h2-4,10H,5-6H2,1H3. The van der Waals surface area contributed by atoms with Crippen LogP contribution in [-0.4, -0.2) is 38.7 Å². The molecule has 5 nitrogen and oxygen atoms in total. The van der Waals surface area contributed by atoms with Crippen molar-refractivity contribution >= 4 is 40.0 Å². The summed E-state index contributed by atoms with van der Waals surface area (Å²) < 4.78 is 11.4. The number of fused-ring (bicyclic) bond motifs is 1. The number of hydrogen-bond acceptors (Lipinski definition) is 3. The molecule has 1 aromatic carbocycles. The molecule has 3 rings (SSSR count). The van der Waals surface area contributed by atoms with Crippen LogP contribution in [0.4, 0.5) is 10.5 Å². The number of benzene rings is 1. The smallest absolute Gasteiger partial charge is 0.299 e. The van der Waals surface area contributed by atoms with Gasteiger partial charge in [-0.2, -0.15) is 0 Å². The van der Waals surface area contributed by atoms with Crippen LogP contribution in [0.1, 0.15) is 5.56 Å². The molecule has 2 aliphatic rings. The third-order valence-corrected chi connectivity index (χ3v) is 4.85. The SMILES string of the molecule is Cc1ccc(Cl)cc1N1C(=O)C2CS(=O)CN2C1=O. The van der Waals surface area contributed by atoms with E-state index >= 15 is 0 Å². The highest BCUT2D eigenvalue weighted by Gasteiger charge is 2.50. The molecular weight excluding hydrogens is 288 g/mol. The highest BCUT2D eigenvalue weighted by Crippen LogP contribution is 2.32. The molecule has 100 valence electrons. The topological polar surface area (TPSA) is 57.7 Å². The van der Waals surface area contributed by atoms with Crippen molar-refractivity contribution in [1.82, 2.24) is 4.90 Å². The van der Waals surface area contributed by atoms with E-state index in [0.717, 1.165) is 10.5 Å². The molecule has 0 radical (unpaired) electrons. The molecule has 0 aliphatic carbocycles. The Morgan fingerprint density at radius 1 is 1.37 bits per heavy atom. The largest absolute Gasteiger partial charge is 0.332 e. The predicted molar refractivity (Wildman–Crippen MR) is 72.6 cm³/mol. The first-order chi connectivity index (χ1) is 8.99. The van der Waals surface area contributed by atoms with Crippen molar-refractivity contribution in [1.29, 1.82) is 0 Å². The Morgan fingerprint density at radius 3 is 2.79 bits per heavy atom. The highest BCUT2D eigenvalue weighted by atomic mass is 35.5. The number of rotatable bonds is 1. The second-order valence-electron chi connectivity index (χ2n) is 4.61. The monoisotopic (exact) mass is 298 g/mol. The summed E-state index contributed by atoms with van der Waals surface area (Å²) >= 11 is 5.92. The first-order valence-corrected chi connectivity index (χ1v) is 7.61. The molecule has 7 heteroatoms. The molecule has 0 bridgehead atoms. The van der Waals surface area contributed by atoms with Crippen LogP contribution in [0.5, 0.6) is 0 Å². The molecule has 2 atom stereocenters. The van der Waals surface area contributed by atoms with Crippen molar-refractivity contribution in [2.75, 3.05) is 16.5 Å². The molecule has 2 heterocycles. The number of aryl methyl sites for hydroxylation is 1. The van der Waals surface area contributed by atoms with E-state index < -0.39 is 22.9 Å². The molecule has 0 saturated carbocycles. The molecule has 0 N–H and O–H groups in total. The maximum atomic E-state index is 12.3. The third-order valence-electron chi connectivity index (χ3n) is 3.36. The number of amides is 3. The van der Waals surface area contributed by atoms with E-state index in [-0.39, 0.29) is 17.5 Å². The van der Waals surface area contributed by atoms with Crippen molar-refractivity contribution in [3.05, 3.63) is 28.8 Å². The van der Waals surface area contributed by atoms with Gasteiger partial charge in [0.15, 0.2) is 0 Å².